The number of hydrogen-bond donors (Lipinski definition) is 1. The molecule has 2 aromatic carbocycles. The number of benzene rings is 2. The molecule has 2 aromatic rings. The van der Waals surface area contributed by atoms with Crippen molar-refractivity contribution in [2.75, 3.05) is 0 Å². The van der Waals surface area contributed by atoms with Crippen LogP contribution in [0.1, 0.15) is 19.4 Å². The molecule has 1 nitrogen and oxygen atoms in total. The standard InChI is InChI=1S/C16H16Cl3N/c1-10(2)20-9-12-7-11(3-6-15(12)18)14-5-4-13(17)8-16(14)19/h3-8,10,20H,9H2,1-2H3. The third kappa shape index (κ3) is 3.89. The average Bonchev–Trinajstić information content (AvgIpc) is 2.38. The van der Waals surface area contributed by atoms with Gasteiger partial charge in [-0.3, -0.25) is 0 Å². The molecular weight excluding hydrogens is 313 g/mol. The first-order chi connectivity index (χ1) is 9.47. The normalized spacial score (nSPS) is 11.1. The summed E-state index contributed by atoms with van der Waals surface area (Å²) >= 11 is 18.4. The smallest absolute Gasteiger partial charge is 0.0499 e. The van der Waals surface area contributed by atoms with E-state index in [0.717, 1.165) is 28.3 Å². The summed E-state index contributed by atoms with van der Waals surface area (Å²) in [7, 11) is 0. The van der Waals surface area contributed by atoms with E-state index in [-0.39, 0.29) is 0 Å². The van der Waals surface area contributed by atoms with E-state index in [4.69, 9.17) is 34.8 Å². The Bertz CT molecular complexity index is 609. The van der Waals surface area contributed by atoms with E-state index < -0.39 is 0 Å². The van der Waals surface area contributed by atoms with Gasteiger partial charge >= 0.3 is 0 Å². The third-order valence-corrected chi connectivity index (χ3v) is 3.91. The summed E-state index contributed by atoms with van der Waals surface area (Å²) in [5.41, 5.74) is 3.05. The van der Waals surface area contributed by atoms with Crippen LogP contribution in [0.15, 0.2) is 36.4 Å². The summed E-state index contributed by atoms with van der Waals surface area (Å²) in [4.78, 5) is 0. The van der Waals surface area contributed by atoms with Gasteiger partial charge in [-0.2, -0.15) is 0 Å². The second kappa shape index (κ2) is 6.82. The first kappa shape index (κ1) is 15.7. The van der Waals surface area contributed by atoms with Gasteiger partial charge in [0, 0.05) is 33.2 Å². The fourth-order valence-electron chi connectivity index (χ4n) is 1.92. The maximum Gasteiger partial charge on any atom is 0.0499 e. The number of rotatable bonds is 4. The van der Waals surface area contributed by atoms with Crippen LogP contribution in [0.5, 0.6) is 0 Å². The van der Waals surface area contributed by atoms with Crippen molar-refractivity contribution in [3.05, 3.63) is 57.0 Å². The van der Waals surface area contributed by atoms with Gasteiger partial charge in [-0.05, 0) is 35.4 Å². The highest BCUT2D eigenvalue weighted by Gasteiger charge is 2.08. The highest BCUT2D eigenvalue weighted by molar-refractivity contribution is 6.36. The van der Waals surface area contributed by atoms with Gasteiger partial charge in [0.15, 0.2) is 0 Å². The van der Waals surface area contributed by atoms with Crippen LogP contribution in [0.4, 0.5) is 0 Å². The van der Waals surface area contributed by atoms with Crippen molar-refractivity contribution >= 4 is 34.8 Å². The molecule has 0 radical (unpaired) electrons. The Morgan fingerprint density at radius 2 is 1.70 bits per heavy atom. The van der Waals surface area contributed by atoms with Crippen LogP contribution in [0.25, 0.3) is 11.1 Å². The molecule has 0 aliphatic rings. The minimum atomic E-state index is 0.411. The molecule has 20 heavy (non-hydrogen) atoms. The van der Waals surface area contributed by atoms with Crippen LogP contribution < -0.4 is 5.32 Å². The summed E-state index contributed by atoms with van der Waals surface area (Å²) in [6.45, 7) is 4.94. The molecule has 1 N–H and O–H groups in total. The van der Waals surface area contributed by atoms with Crippen LogP contribution in [-0.2, 0) is 6.54 Å². The first-order valence-corrected chi connectivity index (χ1v) is 7.58. The van der Waals surface area contributed by atoms with Gasteiger partial charge in [-0.25, -0.2) is 0 Å². The monoisotopic (exact) mass is 327 g/mol. The topological polar surface area (TPSA) is 12.0 Å². The zero-order valence-electron chi connectivity index (χ0n) is 11.4. The van der Waals surface area contributed by atoms with E-state index in [0.29, 0.717) is 16.1 Å². The van der Waals surface area contributed by atoms with E-state index in [1.807, 2.05) is 24.3 Å². The number of nitrogens with one attached hydrogen (secondary N) is 1. The Kier molecular flexibility index (Phi) is 5.34. The van der Waals surface area contributed by atoms with E-state index in [1.165, 1.54) is 0 Å². The van der Waals surface area contributed by atoms with Gasteiger partial charge in [0.05, 0.1) is 0 Å². The zero-order valence-corrected chi connectivity index (χ0v) is 13.7. The lowest BCUT2D eigenvalue weighted by atomic mass is 10.0. The predicted molar refractivity (Wildman–Crippen MR) is 88.9 cm³/mol. The minimum Gasteiger partial charge on any atom is -0.310 e. The van der Waals surface area contributed by atoms with Crippen LogP contribution in [-0.4, -0.2) is 6.04 Å². The second-order valence-corrected chi connectivity index (χ2v) is 6.22. The van der Waals surface area contributed by atoms with Crippen molar-refractivity contribution in [2.45, 2.75) is 26.4 Å². The lowest BCUT2D eigenvalue weighted by molar-refractivity contribution is 0.589. The van der Waals surface area contributed by atoms with Crippen molar-refractivity contribution < 1.29 is 0 Å². The van der Waals surface area contributed by atoms with Crippen molar-refractivity contribution in [1.82, 2.24) is 5.32 Å². The zero-order chi connectivity index (χ0) is 14.7. The van der Waals surface area contributed by atoms with Gasteiger partial charge < -0.3 is 5.32 Å². The van der Waals surface area contributed by atoms with Crippen LogP contribution in [0, 0.1) is 0 Å². The lowest BCUT2D eigenvalue weighted by Crippen LogP contribution is -2.21. The Morgan fingerprint density at radius 3 is 2.35 bits per heavy atom. The summed E-state index contributed by atoms with van der Waals surface area (Å²) in [6.07, 6.45) is 0. The molecule has 0 aromatic heterocycles. The van der Waals surface area contributed by atoms with Gasteiger partial charge in [-0.1, -0.05) is 60.8 Å². The molecule has 0 unspecified atom stereocenters. The fraction of sp³-hybridized carbons (Fsp3) is 0.250. The molecule has 0 atom stereocenters. The molecule has 0 fully saturated rings. The molecule has 0 aliphatic carbocycles. The van der Waals surface area contributed by atoms with Crippen LogP contribution in [0.2, 0.25) is 15.1 Å². The Hall–Kier alpha value is -0.730. The fourth-order valence-corrected chi connectivity index (χ4v) is 2.62. The summed E-state index contributed by atoms with van der Waals surface area (Å²) < 4.78 is 0. The molecule has 0 saturated heterocycles. The minimum absolute atomic E-state index is 0.411. The maximum atomic E-state index is 6.25. The van der Waals surface area contributed by atoms with Gasteiger partial charge in [0.25, 0.3) is 0 Å². The van der Waals surface area contributed by atoms with Gasteiger partial charge in [0.1, 0.15) is 0 Å². The van der Waals surface area contributed by atoms with E-state index in [1.54, 1.807) is 6.07 Å². The van der Waals surface area contributed by atoms with E-state index in [9.17, 15) is 0 Å². The molecule has 0 heterocycles. The molecule has 106 valence electrons. The summed E-state index contributed by atoms with van der Waals surface area (Å²) in [5.74, 6) is 0. The van der Waals surface area contributed by atoms with Crippen molar-refractivity contribution in [3.8, 4) is 11.1 Å². The molecule has 0 spiro atoms. The second-order valence-electron chi connectivity index (χ2n) is 4.97. The molecule has 0 amide bonds. The molecule has 4 heteroatoms. The van der Waals surface area contributed by atoms with Gasteiger partial charge in [0.2, 0.25) is 0 Å². The maximum absolute atomic E-state index is 6.25. The largest absolute Gasteiger partial charge is 0.310 e. The lowest BCUT2D eigenvalue weighted by Gasteiger charge is -2.12. The van der Waals surface area contributed by atoms with Crippen LogP contribution in [0.3, 0.4) is 0 Å². The first-order valence-electron chi connectivity index (χ1n) is 6.44. The quantitative estimate of drug-likeness (QED) is 0.746. The molecule has 0 saturated carbocycles. The molecular formula is C16H16Cl3N. The van der Waals surface area contributed by atoms with Crippen LogP contribution >= 0.6 is 34.8 Å². The van der Waals surface area contributed by atoms with Gasteiger partial charge in [-0.15, -0.1) is 0 Å². The molecule has 2 rings (SSSR count). The Morgan fingerprint density at radius 1 is 0.950 bits per heavy atom. The van der Waals surface area contributed by atoms with Crippen molar-refractivity contribution in [3.63, 3.8) is 0 Å². The third-order valence-electron chi connectivity index (χ3n) is 2.99. The Labute approximate surface area is 134 Å². The number of halogens is 3. The van der Waals surface area contributed by atoms with E-state index in [2.05, 4.69) is 25.2 Å². The van der Waals surface area contributed by atoms with Crippen molar-refractivity contribution in [2.24, 2.45) is 0 Å². The predicted octanol–water partition coefficient (Wildman–Crippen LogP) is 5.81. The molecule has 0 aliphatic heterocycles. The Balaban J connectivity index is 2.35. The SMILES string of the molecule is CC(C)NCc1cc(-c2ccc(Cl)cc2Cl)ccc1Cl. The average molecular weight is 329 g/mol. The summed E-state index contributed by atoms with van der Waals surface area (Å²) in [5, 5.41) is 5.40. The van der Waals surface area contributed by atoms with E-state index >= 15 is 0 Å². The van der Waals surface area contributed by atoms with Crippen molar-refractivity contribution in [1.29, 1.82) is 0 Å². The summed E-state index contributed by atoms with van der Waals surface area (Å²) in [6, 6.07) is 11.9. The highest BCUT2D eigenvalue weighted by atomic mass is 35.5. The number of hydrogen-bond acceptors (Lipinski definition) is 1. The molecule has 0 bridgehead atoms. The highest BCUT2D eigenvalue weighted by Crippen LogP contribution is 2.32.